The Labute approximate surface area is 130 Å². The summed E-state index contributed by atoms with van der Waals surface area (Å²) in [5.74, 6) is -0.547. The summed E-state index contributed by atoms with van der Waals surface area (Å²) in [5, 5.41) is 3.88. The summed E-state index contributed by atoms with van der Waals surface area (Å²) < 4.78 is 42.3. The van der Waals surface area contributed by atoms with Crippen molar-refractivity contribution in [2.75, 3.05) is 10.5 Å². The zero-order valence-electron chi connectivity index (χ0n) is 11.6. The van der Waals surface area contributed by atoms with Crippen LogP contribution in [0.1, 0.15) is 11.3 Å². The van der Waals surface area contributed by atoms with Gasteiger partial charge in [-0.1, -0.05) is 0 Å². The molecule has 0 bridgehead atoms. The van der Waals surface area contributed by atoms with Gasteiger partial charge >= 0.3 is 0 Å². The number of anilines is 2. The highest BCUT2D eigenvalue weighted by atomic mass is 79.9. The van der Waals surface area contributed by atoms with E-state index in [0.29, 0.717) is 11.3 Å². The van der Waals surface area contributed by atoms with Crippen molar-refractivity contribution in [2.24, 2.45) is 7.05 Å². The highest BCUT2D eigenvalue weighted by Gasteiger charge is 2.25. The fourth-order valence-corrected chi connectivity index (χ4v) is 3.69. The smallest absolute Gasteiger partial charge is 0.267 e. The number of sulfonamides is 1. The van der Waals surface area contributed by atoms with E-state index in [1.54, 1.807) is 20.9 Å². The van der Waals surface area contributed by atoms with Gasteiger partial charge in [0.15, 0.2) is 10.7 Å². The van der Waals surface area contributed by atoms with Crippen LogP contribution in [-0.4, -0.2) is 18.2 Å². The number of hydrogen-bond donors (Lipinski definition) is 2. The number of nitrogens with one attached hydrogen (secondary N) is 1. The van der Waals surface area contributed by atoms with Gasteiger partial charge in [0.05, 0.1) is 15.9 Å². The average molecular weight is 377 g/mol. The van der Waals surface area contributed by atoms with E-state index in [1.165, 1.54) is 16.8 Å². The van der Waals surface area contributed by atoms with Gasteiger partial charge in [-0.25, -0.2) is 12.8 Å². The van der Waals surface area contributed by atoms with Crippen LogP contribution in [0.4, 0.5) is 15.9 Å². The molecule has 0 aliphatic heterocycles. The lowest BCUT2D eigenvalue weighted by molar-refractivity contribution is 0.600. The third-order valence-corrected chi connectivity index (χ3v) is 5.22. The van der Waals surface area contributed by atoms with Crippen molar-refractivity contribution < 1.29 is 12.8 Å². The molecular formula is C12H14BrFN4O2S. The summed E-state index contributed by atoms with van der Waals surface area (Å²) in [7, 11) is -2.31. The molecule has 0 spiro atoms. The number of nitrogens with two attached hydrogens (primary N) is 1. The molecule has 2 aromatic rings. The highest BCUT2D eigenvalue weighted by molar-refractivity contribution is 9.10. The van der Waals surface area contributed by atoms with Gasteiger partial charge in [0.25, 0.3) is 10.0 Å². The van der Waals surface area contributed by atoms with E-state index in [9.17, 15) is 12.8 Å². The monoisotopic (exact) mass is 376 g/mol. The van der Waals surface area contributed by atoms with Crippen LogP contribution in [0.2, 0.25) is 0 Å². The quantitative estimate of drug-likeness (QED) is 0.859. The predicted octanol–water partition coefficient (Wildman–Crippen LogP) is 2.32. The molecule has 2 rings (SSSR count). The van der Waals surface area contributed by atoms with Gasteiger partial charge in [0.2, 0.25) is 0 Å². The minimum atomic E-state index is -3.91. The van der Waals surface area contributed by atoms with Crippen LogP contribution in [0.15, 0.2) is 21.5 Å². The SMILES string of the molecule is Cc1cc(F)c(Br)cc1NS(=O)(=O)c1c(N)nn(C)c1C. The molecule has 0 atom stereocenters. The van der Waals surface area contributed by atoms with Crippen LogP contribution in [0.25, 0.3) is 0 Å². The molecule has 3 N–H and O–H groups in total. The van der Waals surface area contributed by atoms with Crippen molar-refractivity contribution in [2.45, 2.75) is 18.7 Å². The summed E-state index contributed by atoms with van der Waals surface area (Å²) in [6.07, 6.45) is 0. The number of nitrogen functional groups attached to an aromatic ring is 1. The molecule has 0 aliphatic carbocycles. The second kappa shape index (κ2) is 5.30. The Bertz CT molecular complexity index is 817. The van der Waals surface area contributed by atoms with Gasteiger partial charge in [-0.2, -0.15) is 5.10 Å². The van der Waals surface area contributed by atoms with E-state index in [4.69, 9.17) is 5.73 Å². The Morgan fingerprint density at radius 3 is 2.52 bits per heavy atom. The van der Waals surface area contributed by atoms with Crippen molar-refractivity contribution >= 4 is 37.5 Å². The molecule has 0 radical (unpaired) electrons. The fraction of sp³-hybridized carbons (Fsp3) is 0.250. The average Bonchev–Trinajstić information content (AvgIpc) is 2.60. The number of benzene rings is 1. The minimum absolute atomic E-state index is 0.0788. The Kier molecular flexibility index (Phi) is 3.98. The summed E-state index contributed by atoms with van der Waals surface area (Å²) in [4.78, 5) is -0.0788. The maximum absolute atomic E-state index is 13.4. The van der Waals surface area contributed by atoms with E-state index in [1.807, 2.05) is 0 Å². The second-order valence-electron chi connectivity index (χ2n) is 4.61. The predicted molar refractivity (Wildman–Crippen MR) is 82.0 cm³/mol. The number of hydrogen-bond acceptors (Lipinski definition) is 4. The van der Waals surface area contributed by atoms with Crippen molar-refractivity contribution in [3.63, 3.8) is 0 Å². The summed E-state index contributed by atoms with van der Waals surface area (Å²) in [6.45, 7) is 3.21. The molecule has 1 aromatic heterocycles. The van der Waals surface area contributed by atoms with Crippen molar-refractivity contribution in [1.29, 1.82) is 0 Å². The fourth-order valence-electron chi connectivity index (χ4n) is 1.90. The largest absolute Gasteiger partial charge is 0.381 e. The zero-order chi connectivity index (χ0) is 15.9. The van der Waals surface area contributed by atoms with E-state index >= 15 is 0 Å². The van der Waals surface area contributed by atoms with E-state index in [0.717, 1.165) is 0 Å². The van der Waals surface area contributed by atoms with Crippen molar-refractivity contribution in [3.8, 4) is 0 Å². The van der Waals surface area contributed by atoms with E-state index < -0.39 is 15.8 Å². The maximum atomic E-state index is 13.4. The van der Waals surface area contributed by atoms with Gasteiger partial charge in [0.1, 0.15) is 5.82 Å². The van der Waals surface area contributed by atoms with Crippen LogP contribution >= 0.6 is 15.9 Å². The minimum Gasteiger partial charge on any atom is -0.381 e. The standard InChI is InChI=1S/C12H14BrFN4O2S/c1-6-4-9(14)8(13)5-10(6)17-21(19,20)11-7(2)18(3)16-12(11)15/h4-5,17H,1-3H3,(H2,15,16). The topological polar surface area (TPSA) is 90.0 Å². The molecule has 6 nitrogen and oxygen atoms in total. The lowest BCUT2D eigenvalue weighted by Gasteiger charge is -2.11. The Morgan fingerprint density at radius 2 is 2.00 bits per heavy atom. The Hall–Kier alpha value is -1.61. The Morgan fingerprint density at radius 1 is 1.38 bits per heavy atom. The van der Waals surface area contributed by atoms with Gasteiger partial charge in [0, 0.05) is 7.05 Å². The number of rotatable bonds is 3. The highest BCUT2D eigenvalue weighted by Crippen LogP contribution is 2.28. The second-order valence-corrected chi connectivity index (χ2v) is 7.08. The van der Waals surface area contributed by atoms with Crippen LogP contribution in [0.3, 0.4) is 0 Å². The molecular weight excluding hydrogens is 363 g/mol. The van der Waals surface area contributed by atoms with E-state index in [2.05, 4.69) is 25.8 Å². The number of nitrogens with zero attached hydrogens (tertiary/aromatic N) is 2. The third kappa shape index (κ3) is 2.88. The molecule has 0 fully saturated rings. The first-order chi connectivity index (χ1) is 9.63. The summed E-state index contributed by atoms with van der Waals surface area (Å²) >= 11 is 3.03. The molecule has 1 aromatic carbocycles. The van der Waals surface area contributed by atoms with Gasteiger partial charge in [-0.3, -0.25) is 9.40 Å². The molecule has 0 unspecified atom stereocenters. The normalized spacial score (nSPS) is 11.7. The molecule has 21 heavy (non-hydrogen) atoms. The first kappa shape index (κ1) is 15.8. The van der Waals surface area contributed by atoms with Crippen LogP contribution in [-0.2, 0) is 17.1 Å². The van der Waals surface area contributed by atoms with Gasteiger partial charge < -0.3 is 5.73 Å². The summed E-state index contributed by atoms with van der Waals surface area (Å²) in [5.41, 5.74) is 6.80. The van der Waals surface area contributed by atoms with E-state index in [-0.39, 0.29) is 20.9 Å². The zero-order valence-corrected chi connectivity index (χ0v) is 14.0. The molecule has 0 aliphatic rings. The van der Waals surface area contributed by atoms with Gasteiger partial charge in [-0.05, 0) is 47.5 Å². The van der Waals surface area contributed by atoms with Crippen molar-refractivity contribution in [3.05, 3.63) is 33.7 Å². The van der Waals surface area contributed by atoms with Crippen LogP contribution in [0.5, 0.6) is 0 Å². The molecule has 9 heteroatoms. The lowest BCUT2D eigenvalue weighted by Crippen LogP contribution is -2.16. The first-order valence-corrected chi connectivity index (χ1v) is 8.18. The Balaban J connectivity index is 2.50. The van der Waals surface area contributed by atoms with Crippen LogP contribution in [0, 0.1) is 19.7 Å². The number of aromatic nitrogens is 2. The molecule has 114 valence electrons. The number of aryl methyl sites for hydroxylation is 2. The molecule has 0 saturated heterocycles. The van der Waals surface area contributed by atoms with Crippen molar-refractivity contribution in [1.82, 2.24) is 9.78 Å². The molecule has 1 heterocycles. The summed E-state index contributed by atoms with van der Waals surface area (Å²) in [6, 6.07) is 2.60. The number of halogens is 2. The first-order valence-electron chi connectivity index (χ1n) is 5.91. The maximum Gasteiger partial charge on any atom is 0.267 e. The molecule has 0 saturated carbocycles. The van der Waals surface area contributed by atoms with Crippen LogP contribution < -0.4 is 10.5 Å². The lowest BCUT2D eigenvalue weighted by atomic mass is 10.2. The third-order valence-electron chi connectivity index (χ3n) is 3.08. The van der Waals surface area contributed by atoms with Gasteiger partial charge in [-0.15, -0.1) is 0 Å². The molecule has 0 amide bonds.